The lowest BCUT2D eigenvalue weighted by Crippen LogP contribution is -2.28. The van der Waals surface area contributed by atoms with E-state index in [1.54, 1.807) is 0 Å². The van der Waals surface area contributed by atoms with Crippen LogP contribution in [0, 0.1) is 5.92 Å². The Morgan fingerprint density at radius 1 is 1.18 bits per heavy atom. The molecule has 1 saturated carbocycles. The van der Waals surface area contributed by atoms with Crippen LogP contribution >= 0.6 is 0 Å². The smallest absolute Gasteiger partial charge is 0.0210 e. The summed E-state index contributed by atoms with van der Waals surface area (Å²) in [6.45, 7) is 5.57. The molecular weight excluding hydrogens is 206 g/mol. The highest BCUT2D eigenvalue weighted by Crippen LogP contribution is 2.34. The molecule has 0 radical (unpaired) electrons. The van der Waals surface area contributed by atoms with Crippen molar-refractivity contribution in [2.24, 2.45) is 5.92 Å². The second-order valence-corrected chi connectivity index (χ2v) is 5.29. The largest absolute Gasteiger partial charge is 0.310 e. The summed E-state index contributed by atoms with van der Waals surface area (Å²) in [4.78, 5) is 0. The molecule has 0 bridgehead atoms. The summed E-state index contributed by atoms with van der Waals surface area (Å²) in [5.74, 6) is 1.02. The SMILES string of the molecule is CCc1ccccc1CNC(CC)CC1CC1. The lowest BCUT2D eigenvalue weighted by molar-refractivity contribution is 0.444. The van der Waals surface area contributed by atoms with Gasteiger partial charge in [0.05, 0.1) is 0 Å². The van der Waals surface area contributed by atoms with Crippen molar-refractivity contribution in [1.82, 2.24) is 5.32 Å². The molecule has 17 heavy (non-hydrogen) atoms. The third kappa shape index (κ3) is 3.85. The topological polar surface area (TPSA) is 12.0 Å². The van der Waals surface area contributed by atoms with Gasteiger partial charge in [-0.15, -0.1) is 0 Å². The van der Waals surface area contributed by atoms with E-state index in [1.807, 2.05) is 0 Å². The van der Waals surface area contributed by atoms with Crippen molar-refractivity contribution in [2.45, 2.75) is 58.5 Å². The van der Waals surface area contributed by atoms with Gasteiger partial charge in [-0.3, -0.25) is 0 Å². The van der Waals surface area contributed by atoms with Crippen LogP contribution in [0.25, 0.3) is 0 Å². The first-order valence-corrected chi connectivity index (χ1v) is 7.13. The van der Waals surface area contributed by atoms with Gasteiger partial charge in [0.25, 0.3) is 0 Å². The molecule has 1 aliphatic rings. The molecule has 2 rings (SSSR count). The van der Waals surface area contributed by atoms with Crippen molar-refractivity contribution in [3.8, 4) is 0 Å². The Labute approximate surface area is 106 Å². The van der Waals surface area contributed by atoms with E-state index >= 15 is 0 Å². The van der Waals surface area contributed by atoms with Gasteiger partial charge < -0.3 is 5.32 Å². The van der Waals surface area contributed by atoms with Crippen LogP contribution in [-0.4, -0.2) is 6.04 Å². The maximum Gasteiger partial charge on any atom is 0.0210 e. The molecule has 1 nitrogen and oxygen atoms in total. The van der Waals surface area contributed by atoms with Crippen molar-refractivity contribution in [3.05, 3.63) is 35.4 Å². The summed E-state index contributed by atoms with van der Waals surface area (Å²) in [5, 5.41) is 3.73. The maximum atomic E-state index is 3.73. The third-order valence-electron chi connectivity index (χ3n) is 3.89. The van der Waals surface area contributed by atoms with Crippen molar-refractivity contribution >= 4 is 0 Å². The molecule has 1 N–H and O–H groups in total. The van der Waals surface area contributed by atoms with Crippen molar-refractivity contribution in [1.29, 1.82) is 0 Å². The molecule has 1 aromatic carbocycles. The molecule has 94 valence electrons. The number of aryl methyl sites for hydroxylation is 1. The van der Waals surface area contributed by atoms with Crippen molar-refractivity contribution in [3.63, 3.8) is 0 Å². The van der Waals surface area contributed by atoms with Crippen molar-refractivity contribution in [2.75, 3.05) is 0 Å². The van der Waals surface area contributed by atoms with Crippen LogP contribution in [0.5, 0.6) is 0 Å². The quantitative estimate of drug-likeness (QED) is 0.750. The Hall–Kier alpha value is -0.820. The van der Waals surface area contributed by atoms with E-state index in [-0.39, 0.29) is 0 Å². The zero-order valence-corrected chi connectivity index (χ0v) is 11.2. The van der Waals surface area contributed by atoms with Crippen LogP contribution in [-0.2, 0) is 13.0 Å². The minimum absolute atomic E-state index is 0.715. The van der Waals surface area contributed by atoms with Crippen LogP contribution in [0.2, 0.25) is 0 Å². The number of hydrogen-bond acceptors (Lipinski definition) is 1. The van der Waals surface area contributed by atoms with Crippen LogP contribution in [0.15, 0.2) is 24.3 Å². The van der Waals surface area contributed by atoms with E-state index in [0.29, 0.717) is 6.04 Å². The van der Waals surface area contributed by atoms with Gasteiger partial charge in [-0.1, -0.05) is 51.0 Å². The summed E-state index contributed by atoms with van der Waals surface area (Å²) in [7, 11) is 0. The first kappa shape index (κ1) is 12.6. The molecule has 0 aromatic heterocycles. The standard InChI is InChI=1S/C16H25N/c1-3-14-7-5-6-8-15(14)12-17-16(4-2)11-13-9-10-13/h5-8,13,16-17H,3-4,9-12H2,1-2H3. The maximum absolute atomic E-state index is 3.73. The Bertz CT molecular complexity index is 341. The molecule has 1 unspecified atom stereocenters. The van der Waals surface area contributed by atoms with Gasteiger partial charge in [-0.2, -0.15) is 0 Å². The monoisotopic (exact) mass is 231 g/mol. The molecule has 0 saturated heterocycles. The Morgan fingerprint density at radius 3 is 2.47 bits per heavy atom. The number of hydrogen-bond donors (Lipinski definition) is 1. The molecule has 0 heterocycles. The molecule has 0 spiro atoms. The van der Waals surface area contributed by atoms with E-state index in [2.05, 4.69) is 43.4 Å². The first-order chi connectivity index (χ1) is 8.33. The van der Waals surface area contributed by atoms with Gasteiger partial charge in [-0.25, -0.2) is 0 Å². The highest BCUT2D eigenvalue weighted by Gasteiger charge is 2.24. The van der Waals surface area contributed by atoms with Crippen LogP contribution in [0.1, 0.15) is 50.7 Å². The number of rotatable bonds is 7. The third-order valence-corrected chi connectivity index (χ3v) is 3.89. The van der Waals surface area contributed by atoms with E-state index in [4.69, 9.17) is 0 Å². The van der Waals surface area contributed by atoms with Crippen LogP contribution in [0.4, 0.5) is 0 Å². The average molecular weight is 231 g/mol. The summed E-state index contributed by atoms with van der Waals surface area (Å²) in [5.41, 5.74) is 2.96. The minimum atomic E-state index is 0.715. The van der Waals surface area contributed by atoms with Gasteiger partial charge >= 0.3 is 0 Å². The van der Waals surface area contributed by atoms with Crippen LogP contribution in [0.3, 0.4) is 0 Å². The number of benzene rings is 1. The normalized spacial score (nSPS) is 17.1. The molecule has 0 aliphatic heterocycles. The zero-order chi connectivity index (χ0) is 12.1. The fourth-order valence-corrected chi connectivity index (χ4v) is 2.48. The molecule has 0 amide bonds. The fraction of sp³-hybridized carbons (Fsp3) is 0.625. The molecule has 1 heteroatoms. The summed E-state index contributed by atoms with van der Waals surface area (Å²) in [6, 6.07) is 9.52. The molecular formula is C16H25N. The van der Waals surface area contributed by atoms with E-state index in [0.717, 1.165) is 18.9 Å². The Kier molecular flexibility index (Phi) is 4.61. The van der Waals surface area contributed by atoms with E-state index in [1.165, 1.54) is 36.8 Å². The van der Waals surface area contributed by atoms with Crippen molar-refractivity contribution < 1.29 is 0 Å². The summed E-state index contributed by atoms with van der Waals surface area (Å²) in [6.07, 6.45) is 6.69. The molecule has 1 aliphatic carbocycles. The summed E-state index contributed by atoms with van der Waals surface area (Å²) < 4.78 is 0. The van der Waals surface area contributed by atoms with E-state index < -0.39 is 0 Å². The van der Waals surface area contributed by atoms with Gasteiger partial charge in [0.2, 0.25) is 0 Å². The lowest BCUT2D eigenvalue weighted by Gasteiger charge is -2.18. The average Bonchev–Trinajstić information content (AvgIpc) is 3.18. The first-order valence-electron chi connectivity index (χ1n) is 7.13. The number of nitrogens with one attached hydrogen (secondary N) is 1. The summed E-state index contributed by atoms with van der Waals surface area (Å²) >= 11 is 0. The van der Waals surface area contributed by atoms with Crippen LogP contribution < -0.4 is 5.32 Å². The highest BCUT2D eigenvalue weighted by atomic mass is 14.9. The Morgan fingerprint density at radius 2 is 1.88 bits per heavy atom. The molecule has 1 fully saturated rings. The van der Waals surface area contributed by atoms with E-state index in [9.17, 15) is 0 Å². The zero-order valence-electron chi connectivity index (χ0n) is 11.2. The predicted molar refractivity (Wildman–Crippen MR) is 74.1 cm³/mol. The van der Waals surface area contributed by atoms with Gasteiger partial charge in [0, 0.05) is 12.6 Å². The fourth-order valence-electron chi connectivity index (χ4n) is 2.48. The second kappa shape index (κ2) is 6.20. The molecule has 1 aromatic rings. The highest BCUT2D eigenvalue weighted by molar-refractivity contribution is 5.26. The van der Waals surface area contributed by atoms with Gasteiger partial charge in [0.15, 0.2) is 0 Å². The predicted octanol–water partition coefficient (Wildman–Crippen LogP) is 3.92. The van der Waals surface area contributed by atoms with Gasteiger partial charge in [0.1, 0.15) is 0 Å². The minimum Gasteiger partial charge on any atom is -0.310 e. The lowest BCUT2D eigenvalue weighted by atomic mass is 10.0. The molecule has 1 atom stereocenters. The Balaban J connectivity index is 1.86. The van der Waals surface area contributed by atoms with Gasteiger partial charge in [-0.05, 0) is 36.3 Å². The second-order valence-electron chi connectivity index (χ2n) is 5.29.